The number of amides is 2. The summed E-state index contributed by atoms with van der Waals surface area (Å²) < 4.78 is 5.10. The highest BCUT2D eigenvalue weighted by Gasteiger charge is 2.32. The van der Waals surface area contributed by atoms with Crippen LogP contribution in [0, 0.1) is 23.7 Å². The molecule has 0 fully saturated rings. The van der Waals surface area contributed by atoms with E-state index in [2.05, 4.69) is 37.5 Å². The van der Waals surface area contributed by atoms with Crippen LogP contribution < -0.4 is 10.6 Å². The lowest BCUT2D eigenvalue weighted by molar-refractivity contribution is -0.144. The number of carbonyl (C=O) groups excluding carboxylic acids is 2. The van der Waals surface area contributed by atoms with Crippen molar-refractivity contribution < 1.29 is 14.3 Å². The van der Waals surface area contributed by atoms with Gasteiger partial charge in [0.05, 0.1) is 13.0 Å². The minimum Gasteiger partial charge on any atom is -0.466 e. The summed E-state index contributed by atoms with van der Waals surface area (Å²) in [6.45, 7) is 13.3. The molecule has 138 valence electrons. The van der Waals surface area contributed by atoms with Crippen molar-refractivity contribution in [1.82, 2.24) is 10.6 Å². The average Bonchev–Trinajstić information content (AvgIpc) is 2.46. The van der Waals surface area contributed by atoms with Gasteiger partial charge >= 0.3 is 12.0 Å². The van der Waals surface area contributed by atoms with Crippen molar-refractivity contribution in [2.45, 2.75) is 60.4 Å². The molecule has 24 heavy (non-hydrogen) atoms. The molecule has 2 N–H and O–H groups in total. The summed E-state index contributed by atoms with van der Waals surface area (Å²) in [5.41, 5.74) is 1.23. The van der Waals surface area contributed by atoms with E-state index in [0.717, 1.165) is 6.42 Å². The molecule has 1 aliphatic carbocycles. The molecule has 0 saturated heterocycles. The van der Waals surface area contributed by atoms with Crippen LogP contribution in [0.1, 0.15) is 54.4 Å². The standard InChI is InChI=1S/C19H34N2O3/c1-7-24-18(22)10-15-9-17(12(2)3)16(8-14(15)6)11-20-19(23)21-13(4)5/h8,12-13,15-17H,7,9-11H2,1-6H3,(H2,20,21,23). The fourth-order valence-electron chi connectivity index (χ4n) is 3.45. The molecule has 0 radical (unpaired) electrons. The van der Waals surface area contributed by atoms with Crippen LogP contribution in [0.2, 0.25) is 0 Å². The third-order valence-electron chi connectivity index (χ3n) is 4.72. The predicted octanol–water partition coefficient (Wildman–Crippen LogP) is 3.50. The number of rotatable bonds is 7. The maximum atomic E-state index is 11.8. The molecule has 0 heterocycles. The zero-order valence-corrected chi connectivity index (χ0v) is 16.0. The van der Waals surface area contributed by atoms with Crippen LogP contribution in [0.5, 0.6) is 0 Å². The second-order valence-electron chi connectivity index (χ2n) is 7.43. The lowest BCUT2D eigenvalue weighted by atomic mass is 9.70. The first kappa shape index (κ1) is 20.5. The number of hydrogen-bond donors (Lipinski definition) is 2. The molecular weight excluding hydrogens is 304 g/mol. The minimum atomic E-state index is -0.120. The summed E-state index contributed by atoms with van der Waals surface area (Å²) in [6, 6.07) is 0.00990. The summed E-state index contributed by atoms with van der Waals surface area (Å²) in [5.74, 6) is 1.38. The molecule has 0 spiro atoms. The Hall–Kier alpha value is -1.52. The third-order valence-corrected chi connectivity index (χ3v) is 4.72. The molecule has 1 rings (SSSR count). The van der Waals surface area contributed by atoms with Crippen LogP contribution in [-0.4, -0.2) is 31.2 Å². The first-order valence-corrected chi connectivity index (χ1v) is 9.12. The van der Waals surface area contributed by atoms with Gasteiger partial charge in [-0.05, 0) is 57.8 Å². The first-order valence-electron chi connectivity index (χ1n) is 9.12. The molecule has 5 nitrogen and oxygen atoms in total. The molecule has 0 aromatic heterocycles. The Morgan fingerprint density at radius 1 is 1.29 bits per heavy atom. The van der Waals surface area contributed by atoms with Crippen molar-refractivity contribution in [3.05, 3.63) is 11.6 Å². The largest absolute Gasteiger partial charge is 0.466 e. The molecule has 3 atom stereocenters. The van der Waals surface area contributed by atoms with Crippen molar-refractivity contribution in [2.24, 2.45) is 23.7 Å². The number of ether oxygens (including phenoxy) is 1. The molecule has 0 aliphatic heterocycles. The summed E-state index contributed by atoms with van der Waals surface area (Å²) in [4.78, 5) is 23.6. The molecule has 0 bridgehead atoms. The van der Waals surface area contributed by atoms with Gasteiger partial charge in [-0.3, -0.25) is 4.79 Å². The van der Waals surface area contributed by atoms with Crippen molar-refractivity contribution in [2.75, 3.05) is 13.2 Å². The van der Waals surface area contributed by atoms with Crippen LogP contribution in [0.25, 0.3) is 0 Å². The predicted molar refractivity (Wildman–Crippen MR) is 96.6 cm³/mol. The van der Waals surface area contributed by atoms with Gasteiger partial charge in [-0.1, -0.05) is 25.5 Å². The Labute approximate surface area is 146 Å². The van der Waals surface area contributed by atoms with Crippen LogP contribution >= 0.6 is 0 Å². The molecule has 5 heteroatoms. The van der Waals surface area contributed by atoms with E-state index in [1.165, 1.54) is 5.57 Å². The summed E-state index contributed by atoms with van der Waals surface area (Å²) in [7, 11) is 0. The quantitative estimate of drug-likeness (QED) is 0.551. The fraction of sp³-hybridized carbons (Fsp3) is 0.789. The molecule has 3 unspecified atom stereocenters. The Morgan fingerprint density at radius 2 is 1.96 bits per heavy atom. The Balaban J connectivity index is 2.72. The Bertz CT molecular complexity index is 458. The van der Waals surface area contributed by atoms with Crippen molar-refractivity contribution >= 4 is 12.0 Å². The van der Waals surface area contributed by atoms with Crippen molar-refractivity contribution in [3.8, 4) is 0 Å². The van der Waals surface area contributed by atoms with Gasteiger partial charge in [0, 0.05) is 12.6 Å². The number of nitrogens with one attached hydrogen (secondary N) is 2. The van der Waals surface area contributed by atoms with Gasteiger partial charge in [-0.2, -0.15) is 0 Å². The second-order valence-corrected chi connectivity index (χ2v) is 7.43. The van der Waals surface area contributed by atoms with Crippen molar-refractivity contribution in [1.29, 1.82) is 0 Å². The smallest absolute Gasteiger partial charge is 0.315 e. The highest BCUT2D eigenvalue weighted by atomic mass is 16.5. The monoisotopic (exact) mass is 338 g/mol. The fourth-order valence-corrected chi connectivity index (χ4v) is 3.45. The van der Waals surface area contributed by atoms with Gasteiger partial charge in [0.25, 0.3) is 0 Å². The van der Waals surface area contributed by atoms with Crippen molar-refractivity contribution in [3.63, 3.8) is 0 Å². The van der Waals surface area contributed by atoms with Gasteiger partial charge in [0.15, 0.2) is 0 Å². The second kappa shape index (κ2) is 9.70. The molecule has 0 aromatic rings. The number of urea groups is 1. The Kier molecular flexibility index (Phi) is 8.29. The number of hydrogen-bond acceptors (Lipinski definition) is 3. The first-order chi connectivity index (χ1) is 11.2. The zero-order chi connectivity index (χ0) is 18.3. The third kappa shape index (κ3) is 6.54. The topological polar surface area (TPSA) is 67.4 Å². The molecule has 2 amide bonds. The lowest BCUT2D eigenvalue weighted by Crippen LogP contribution is -2.43. The van der Waals surface area contributed by atoms with Crippen LogP contribution in [0.15, 0.2) is 11.6 Å². The van der Waals surface area contributed by atoms with Crippen LogP contribution in [0.3, 0.4) is 0 Å². The van der Waals surface area contributed by atoms with Crippen LogP contribution in [-0.2, 0) is 9.53 Å². The highest BCUT2D eigenvalue weighted by molar-refractivity contribution is 5.74. The molecule has 1 aliphatic rings. The van der Waals surface area contributed by atoms with E-state index in [-0.39, 0.29) is 24.0 Å². The van der Waals surface area contributed by atoms with Gasteiger partial charge in [-0.15, -0.1) is 0 Å². The maximum Gasteiger partial charge on any atom is 0.315 e. The van der Waals surface area contributed by atoms with Gasteiger partial charge in [-0.25, -0.2) is 4.79 Å². The molecular formula is C19H34N2O3. The van der Waals surface area contributed by atoms with Gasteiger partial charge < -0.3 is 15.4 Å². The van der Waals surface area contributed by atoms with E-state index < -0.39 is 0 Å². The molecule has 0 aromatic carbocycles. The van der Waals surface area contributed by atoms with Gasteiger partial charge in [0.1, 0.15) is 0 Å². The lowest BCUT2D eigenvalue weighted by Gasteiger charge is -2.37. The van der Waals surface area contributed by atoms with E-state index in [4.69, 9.17) is 4.74 Å². The van der Waals surface area contributed by atoms with E-state index >= 15 is 0 Å². The average molecular weight is 338 g/mol. The van der Waals surface area contributed by atoms with Crippen LogP contribution in [0.4, 0.5) is 4.79 Å². The summed E-state index contributed by atoms with van der Waals surface area (Å²) in [5, 5.41) is 5.83. The molecule has 0 saturated carbocycles. The minimum absolute atomic E-state index is 0.118. The Morgan fingerprint density at radius 3 is 2.50 bits per heavy atom. The SMILES string of the molecule is CCOC(=O)CC1CC(C(C)C)C(CNC(=O)NC(C)C)C=C1C. The number of allylic oxidation sites excluding steroid dienone is 1. The van der Waals surface area contributed by atoms with E-state index in [0.29, 0.717) is 37.3 Å². The highest BCUT2D eigenvalue weighted by Crippen LogP contribution is 2.38. The van der Waals surface area contributed by atoms with E-state index in [9.17, 15) is 9.59 Å². The number of esters is 1. The van der Waals surface area contributed by atoms with E-state index in [1.54, 1.807) is 0 Å². The maximum absolute atomic E-state index is 11.8. The van der Waals surface area contributed by atoms with Gasteiger partial charge in [0.2, 0.25) is 0 Å². The summed E-state index contributed by atoms with van der Waals surface area (Å²) >= 11 is 0. The normalized spacial score (nSPS) is 23.8. The zero-order valence-electron chi connectivity index (χ0n) is 16.0. The summed E-state index contributed by atoms with van der Waals surface area (Å²) in [6.07, 6.45) is 3.66. The van der Waals surface area contributed by atoms with E-state index in [1.807, 2.05) is 20.8 Å². The number of carbonyl (C=O) groups is 2.